The minimum atomic E-state index is -0.673. The Morgan fingerprint density at radius 3 is 2.42 bits per heavy atom. The van der Waals surface area contributed by atoms with Crippen LogP contribution in [0.15, 0.2) is 36.4 Å². The van der Waals surface area contributed by atoms with Gasteiger partial charge in [-0.25, -0.2) is 0 Å². The van der Waals surface area contributed by atoms with Crippen molar-refractivity contribution in [2.24, 2.45) is 16.7 Å². The summed E-state index contributed by atoms with van der Waals surface area (Å²) in [5.41, 5.74) is 0.324. The Morgan fingerprint density at radius 2 is 1.89 bits per heavy atom. The van der Waals surface area contributed by atoms with Gasteiger partial charge in [-0.05, 0) is 36.7 Å². The van der Waals surface area contributed by atoms with Crippen molar-refractivity contribution in [3.8, 4) is 0 Å². The van der Waals surface area contributed by atoms with Gasteiger partial charge >= 0.3 is 5.97 Å². The van der Waals surface area contributed by atoms with Crippen LogP contribution in [0.3, 0.4) is 0 Å². The van der Waals surface area contributed by atoms with E-state index in [1.165, 1.54) is 5.56 Å². The number of rotatable bonds is 3. The van der Waals surface area contributed by atoms with E-state index in [0.717, 1.165) is 12.8 Å². The molecule has 0 heterocycles. The molecule has 0 amide bonds. The van der Waals surface area contributed by atoms with Gasteiger partial charge < -0.3 is 5.11 Å². The molecule has 1 aromatic carbocycles. The van der Waals surface area contributed by atoms with Crippen molar-refractivity contribution >= 4 is 12.0 Å². The number of allylic oxidation sites excluding steroid dienone is 1. The summed E-state index contributed by atoms with van der Waals surface area (Å²) in [5, 5.41) is 9.49. The Hall–Kier alpha value is -1.57. The Kier molecular flexibility index (Phi) is 3.53. The van der Waals surface area contributed by atoms with Gasteiger partial charge in [0.25, 0.3) is 0 Å². The second kappa shape index (κ2) is 4.84. The van der Waals surface area contributed by atoms with E-state index in [9.17, 15) is 9.90 Å². The van der Waals surface area contributed by atoms with Crippen LogP contribution in [0, 0.1) is 16.7 Å². The number of carboxylic acids is 1. The van der Waals surface area contributed by atoms with E-state index in [0.29, 0.717) is 5.92 Å². The Balaban J connectivity index is 2.20. The summed E-state index contributed by atoms with van der Waals surface area (Å²) in [6.07, 6.45) is 5.99. The first-order chi connectivity index (χ1) is 8.88. The van der Waals surface area contributed by atoms with Gasteiger partial charge in [-0.15, -0.1) is 0 Å². The van der Waals surface area contributed by atoms with Gasteiger partial charge in [-0.1, -0.05) is 56.3 Å². The zero-order valence-corrected chi connectivity index (χ0v) is 11.9. The quantitative estimate of drug-likeness (QED) is 0.881. The molecule has 102 valence electrons. The molecule has 0 bridgehead atoms. The largest absolute Gasteiger partial charge is 0.481 e. The maximum absolute atomic E-state index is 11.5. The van der Waals surface area contributed by atoms with Crippen LogP contribution in [-0.2, 0) is 4.79 Å². The lowest BCUT2D eigenvalue weighted by atomic mass is 9.65. The SMILES string of the molecule is CC1(C)[C@@H](C=Cc2ccccc2)CC[C@]1(C)C(=O)O. The highest BCUT2D eigenvalue weighted by atomic mass is 16.4. The first-order valence-corrected chi connectivity index (χ1v) is 6.84. The number of hydrogen-bond acceptors (Lipinski definition) is 1. The zero-order valence-electron chi connectivity index (χ0n) is 11.9. The minimum Gasteiger partial charge on any atom is -0.481 e. The lowest BCUT2D eigenvalue weighted by Crippen LogP contribution is -2.40. The van der Waals surface area contributed by atoms with Crippen molar-refractivity contribution in [3.05, 3.63) is 42.0 Å². The molecular weight excluding hydrogens is 236 g/mol. The standard InChI is InChI=1S/C17H22O2/c1-16(2)14(11-12-17(16,3)15(18)19)10-9-13-7-5-4-6-8-13/h4-10,14H,11-12H2,1-3H3,(H,18,19)/t14-,17+/m0/s1. The van der Waals surface area contributed by atoms with E-state index in [1.54, 1.807) is 0 Å². The maximum Gasteiger partial charge on any atom is 0.309 e. The highest BCUT2D eigenvalue weighted by molar-refractivity contribution is 5.76. The molecule has 1 aliphatic carbocycles. The molecule has 0 spiro atoms. The second-order valence-corrected chi connectivity index (χ2v) is 6.27. The summed E-state index contributed by atoms with van der Waals surface area (Å²) in [4.78, 5) is 11.5. The Labute approximate surface area is 115 Å². The van der Waals surface area contributed by atoms with Gasteiger partial charge in [-0.3, -0.25) is 4.79 Å². The van der Waals surface area contributed by atoms with Crippen molar-refractivity contribution in [2.45, 2.75) is 33.6 Å². The predicted molar refractivity (Wildman–Crippen MR) is 77.7 cm³/mol. The number of hydrogen-bond donors (Lipinski definition) is 1. The summed E-state index contributed by atoms with van der Waals surface area (Å²) in [6.45, 7) is 6.04. The third kappa shape index (κ3) is 2.32. The third-order valence-corrected chi connectivity index (χ3v) is 5.10. The normalized spacial score (nSPS) is 29.7. The molecule has 2 heteroatoms. The van der Waals surface area contributed by atoms with Crippen molar-refractivity contribution in [1.82, 2.24) is 0 Å². The van der Waals surface area contributed by atoms with Crippen LogP contribution in [0.25, 0.3) is 6.08 Å². The maximum atomic E-state index is 11.5. The Bertz CT molecular complexity index is 487. The lowest BCUT2D eigenvalue weighted by molar-refractivity contribution is -0.154. The smallest absolute Gasteiger partial charge is 0.309 e. The number of carbonyl (C=O) groups is 1. The van der Waals surface area contributed by atoms with Crippen molar-refractivity contribution < 1.29 is 9.90 Å². The summed E-state index contributed by atoms with van der Waals surface area (Å²) >= 11 is 0. The molecule has 0 unspecified atom stereocenters. The van der Waals surface area contributed by atoms with E-state index < -0.39 is 11.4 Å². The molecule has 2 rings (SSSR count). The van der Waals surface area contributed by atoms with Crippen LogP contribution in [0.2, 0.25) is 0 Å². The molecule has 0 saturated heterocycles. The highest BCUT2D eigenvalue weighted by Crippen LogP contribution is 2.56. The fraction of sp³-hybridized carbons (Fsp3) is 0.471. The van der Waals surface area contributed by atoms with Gasteiger partial charge in [0.1, 0.15) is 0 Å². The fourth-order valence-electron chi connectivity index (χ4n) is 3.05. The van der Waals surface area contributed by atoms with Crippen LogP contribution < -0.4 is 0 Å². The lowest BCUT2D eigenvalue weighted by Gasteiger charge is -2.37. The molecule has 0 aliphatic heterocycles. The Morgan fingerprint density at radius 1 is 1.26 bits per heavy atom. The second-order valence-electron chi connectivity index (χ2n) is 6.27. The molecule has 2 nitrogen and oxygen atoms in total. The first-order valence-electron chi connectivity index (χ1n) is 6.84. The summed E-state index contributed by atoms with van der Waals surface area (Å²) in [7, 11) is 0. The molecule has 1 aliphatic rings. The van der Waals surface area contributed by atoms with E-state index in [-0.39, 0.29) is 5.41 Å². The molecule has 1 saturated carbocycles. The van der Waals surface area contributed by atoms with Gasteiger partial charge in [0.05, 0.1) is 5.41 Å². The van der Waals surface area contributed by atoms with E-state index in [2.05, 4.69) is 38.1 Å². The summed E-state index contributed by atoms with van der Waals surface area (Å²) in [5.74, 6) is -0.359. The molecule has 0 aromatic heterocycles. The van der Waals surface area contributed by atoms with Crippen LogP contribution in [0.5, 0.6) is 0 Å². The molecule has 1 fully saturated rings. The van der Waals surface area contributed by atoms with Crippen molar-refractivity contribution in [2.75, 3.05) is 0 Å². The average molecular weight is 258 g/mol. The zero-order chi connectivity index (χ0) is 14.1. The topological polar surface area (TPSA) is 37.3 Å². The van der Waals surface area contributed by atoms with Crippen LogP contribution in [-0.4, -0.2) is 11.1 Å². The molecule has 1 aromatic rings. The van der Waals surface area contributed by atoms with Gasteiger partial charge in [0.15, 0.2) is 0 Å². The van der Waals surface area contributed by atoms with Crippen molar-refractivity contribution in [3.63, 3.8) is 0 Å². The number of benzene rings is 1. The molecule has 2 atom stereocenters. The molecule has 0 radical (unpaired) electrons. The minimum absolute atomic E-state index is 0.218. The van der Waals surface area contributed by atoms with Gasteiger partial charge in [-0.2, -0.15) is 0 Å². The van der Waals surface area contributed by atoms with E-state index in [4.69, 9.17) is 0 Å². The van der Waals surface area contributed by atoms with Gasteiger partial charge in [0, 0.05) is 0 Å². The van der Waals surface area contributed by atoms with Crippen LogP contribution >= 0.6 is 0 Å². The van der Waals surface area contributed by atoms with Crippen molar-refractivity contribution in [1.29, 1.82) is 0 Å². The van der Waals surface area contributed by atoms with E-state index in [1.807, 2.05) is 25.1 Å². The van der Waals surface area contributed by atoms with Crippen LogP contribution in [0.1, 0.15) is 39.2 Å². The first kappa shape index (κ1) is 13.9. The third-order valence-electron chi connectivity index (χ3n) is 5.10. The van der Waals surface area contributed by atoms with E-state index >= 15 is 0 Å². The fourth-order valence-corrected chi connectivity index (χ4v) is 3.05. The number of aliphatic carboxylic acids is 1. The van der Waals surface area contributed by atoms with Gasteiger partial charge in [0.2, 0.25) is 0 Å². The monoisotopic (exact) mass is 258 g/mol. The molecule has 1 N–H and O–H groups in total. The molecular formula is C17H22O2. The highest BCUT2D eigenvalue weighted by Gasteiger charge is 2.55. The summed E-state index contributed by atoms with van der Waals surface area (Å²) < 4.78 is 0. The average Bonchev–Trinajstić information content (AvgIpc) is 2.61. The number of carboxylic acid groups (broad SMARTS) is 1. The summed E-state index contributed by atoms with van der Waals surface area (Å²) in [6, 6.07) is 10.2. The van der Waals surface area contributed by atoms with Crippen LogP contribution in [0.4, 0.5) is 0 Å². The predicted octanol–water partition coefficient (Wildman–Crippen LogP) is 4.23. The molecule has 19 heavy (non-hydrogen) atoms.